The van der Waals surface area contributed by atoms with E-state index in [0.29, 0.717) is 20.4 Å². The summed E-state index contributed by atoms with van der Waals surface area (Å²) >= 11 is 6.43. The highest BCUT2D eigenvalue weighted by Gasteiger charge is 2.33. The maximum Gasteiger partial charge on any atom is 0.339 e. The molecule has 0 unspecified atom stereocenters. The Hall–Kier alpha value is -3.30. The van der Waals surface area contributed by atoms with E-state index in [1.54, 1.807) is 18.5 Å². The van der Waals surface area contributed by atoms with Crippen LogP contribution >= 0.6 is 24.0 Å². The first-order valence-electron chi connectivity index (χ1n) is 7.99. The predicted octanol–water partition coefficient (Wildman–Crippen LogP) is 3.44. The summed E-state index contributed by atoms with van der Waals surface area (Å²) in [5, 5.41) is 18.9. The number of aromatic nitrogens is 2. The van der Waals surface area contributed by atoms with Gasteiger partial charge in [0.1, 0.15) is 11.3 Å². The van der Waals surface area contributed by atoms with Crippen LogP contribution in [0.2, 0.25) is 0 Å². The fourth-order valence-electron chi connectivity index (χ4n) is 2.75. The molecule has 1 aromatic heterocycles. The molecular weight excluding hydrogens is 398 g/mol. The molecule has 1 fully saturated rings. The van der Waals surface area contributed by atoms with Gasteiger partial charge in [0.05, 0.1) is 21.6 Å². The Morgan fingerprint density at radius 2 is 1.86 bits per heavy atom. The minimum Gasteiger partial charge on any atom is -0.507 e. The Bertz CT molecular complexity index is 1190. The molecule has 1 aliphatic rings. The van der Waals surface area contributed by atoms with Crippen LogP contribution in [-0.2, 0) is 4.79 Å². The predicted molar refractivity (Wildman–Crippen MR) is 110 cm³/mol. The molecular formula is C19H11N3O4S2. The highest BCUT2D eigenvalue weighted by molar-refractivity contribution is 8.27. The normalized spacial score (nSPS) is 15.6. The number of nitrogens with zero attached hydrogens (tertiary/aromatic N) is 3. The quantitative estimate of drug-likeness (QED) is 0.501. The number of thiocarbonyl (C=S) groups is 1. The zero-order valence-corrected chi connectivity index (χ0v) is 15.7. The number of hydrogen-bond acceptors (Lipinski definition) is 7. The SMILES string of the molecule is O=C(O)c1ccc(N2C(=O)C(=Cc3ccc4nccnc4c3)SC2=S)cc1O. The molecule has 28 heavy (non-hydrogen) atoms. The molecule has 1 aliphatic heterocycles. The number of hydrogen-bond donors (Lipinski definition) is 2. The lowest BCUT2D eigenvalue weighted by Crippen LogP contribution is -2.27. The number of benzene rings is 2. The summed E-state index contributed by atoms with van der Waals surface area (Å²) in [5.74, 6) is -2.04. The first kappa shape index (κ1) is 18.1. The fraction of sp³-hybridized carbons (Fsp3) is 0. The number of carboxylic acids is 1. The maximum atomic E-state index is 12.8. The molecule has 4 rings (SSSR count). The summed E-state index contributed by atoms with van der Waals surface area (Å²) in [6.07, 6.45) is 4.91. The summed E-state index contributed by atoms with van der Waals surface area (Å²) in [6, 6.07) is 9.35. The molecule has 2 heterocycles. The molecule has 0 aliphatic carbocycles. The van der Waals surface area contributed by atoms with Crippen molar-refractivity contribution in [1.29, 1.82) is 0 Å². The van der Waals surface area contributed by atoms with Crippen LogP contribution in [0.1, 0.15) is 15.9 Å². The molecule has 0 radical (unpaired) electrons. The average Bonchev–Trinajstić information content (AvgIpc) is 2.94. The second kappa shape index (κ2) is 7.02. The second-order valence-electron chi connectivity index (χ2n) is 5.83. The molecule has 1 amide bonds. The van der Waals surface area contributed by atoms with E-state index in [1.807, 2.05) is 18.2 Å². The summed E-state index contributed by atoms with van der Waals surface area (Å²) in [4.78, 5) is 34.0. The molecule has 9 heteroatoms. The third kappa shape index (κ3) is 3.21. The zero-order chi connectivity index (χ0) is 19.8. The van der Waals surface area contributed by atoms with Gasteiger partial charge in [0, 0.05) is 18.5 Å². The van der Waals surface area contributed by atoms with Gasteiger partial charge in [-0.2, -0.15) is 0 Å². The van der Waals surface area contributed by atoms with Crippen molar-refractivity contribution in [2.45, 2.75) is 0 Å². The van der Waals surface area contributed by atoms with Crippen LogP contribution in [-0.4, -0.2) is 36.4 Å². The molecule has 0 atom stereocenters. The van der Waals surface area contributed by atoms with E-state index in [4.69, 9.17) is 17.3 Å². The van der Waals surface area contributed by atoms with Crippen molar-refractivity contribution < 1.29 is 19.8 Å². The molecule has 138 valence electrons. The maximum absolute atomic E-state index is 12.8. The number of carbonyl (C=O) groups is 2. The van der Waals surface area contributed by atoms with E-state index >= 15 is 0 Å². The number of carboxylic acid groups (broad SMARTS) is 1. The van der Waals surface area contributed by atoms with E-state index in [0.717, 1.165) is 22.8 Å². The molecule has 1 saturated heterocycles. The summed E-state index contributed by atoms with van der Waals surface area (Å²) < 4.78 is 0.291. The lowest BCUT2D eigenvalue weighted by Gasteiger charge is -2.15. The number of amides is 1. The number of carbonyl (C=O) groups excluding carboxylic acids is 1. The van der Waals surface area contributed by atoms with E-state index in [-0.39, 0.29) is 11.5 Å². The number of aromatic carboxylic acids is 1. The Labute approximate surface area is 168 Å². The number of aromatic hydroxyl groups is 1. The Balaban J connectivity index is 1.67. The van der Waals surface area contributed by atoms with Crippen LogP contribution in [0.15, 0.2) is 53.7 Å². The molecule has 0 saturated carbocycles. The van der Waals surface area contributed by atoms with Crippen LogP contribution in [0.25, 0.3) is 17.1 Å². The van der Waals surface area contributed by atoms with Gasteiger partial charge in [0.2, 0.25) is 0 Å². The average molecular weight is 409 g/mol. The van der Waals surface area contributed by atoms with Crippen molar-refractivity contribution in [2.75, 3.05) is 4.90 Å². The smallest absolute Gasteiger partial charge is 0.339 e. The topological polar surface area (TPSA) is 104 Å². The molecule has 7 nitrogen and oxygen atoms in total. The van der Waals surface area contributed by atoms with Gasteiger partial charge in [-0.15, -0.1) is 0 Å². The van der Waals surface area contributed by atoms with Gasteiger partial charge in [-0.25, -0.2) is 4.79 Å². The van der Waals surface area contributed by atoms with Crippen molar-refractivity contribution in [2.24, 2.45) is 0 Å². The Morgan fingerprint density at radius 1 is 1.11 bits per heavy atom. The van der Waals surface area contributed by atoms with Gasteiger partial charge >= 0.3 is 5.97 Å². The van der Waals surface area contributed by atoms with Crippen LogP contribution < -0.4 is 4.90 Å². The van der Waals surface area contributed by atoms with E-state index < -0.39 is 11.7 Å². The fourth-order valence-corrected chi connectivity index (χ4v) is 4.05. The van der Waals surface area contributed by atoms with Crippen molar-refractivity contribution in [3.8, 4) is 5.75 Å². The van der Waals surface area contributed by atoms with Crippen molar-refractivity contribution in [3.63, 3.8) is 0 Å². The molecule has 2 N–H and O–H groups in total. The van der Waals surface area contributed by atoms with Gasteiger partial charge in [-0.3, -0.25) is 19.7 Å². The lowest BCUT2D eigenvalue weighted by molar-refractivity contribution is -0.113. The molecule has 0 bridgehead atoms. The Morgan fingerprint density at radius 3 is 2.57 bits per heavy atom. The van der Waals surface area contributed by atoms with Crippen LogP contribution in [0.5, 0.6) is 5.75 Å². The van der Waals surface area contributed by atoms with Gasteiger partial charge in [-0.1, -0.05) is 30.0 Å². The van der Waals surface area contributed by atoms with Crippen molar-refractivity contribution in [1.82, 2.24) is 9.97 Å². The van der Waals surface area contributed by atoms with E-state index in [1.165, 1.54) is 23.1 Å². The first-order chi connectivity index (χ1) is 13.4. The van der Waals surface area contributed by atoms with Crippen molar-refractivity contribution in [3.05, 3.63) is 64.8 Å². The van der Waals surface area contributed by atoms with Crippen LogP contribution in [0.4, 0.5) is 5.69 Å². The number of anilines is 1. The summed E-state index contributed by atoms with van der Waals surface area (Å²) in [6.45, 7) is 0. The van der Waals surface area contributed by atoms with E-state index in [9.17, 15) is 14.7 Å². The molecule has 0 spiro atoms. The number of rotatable bonds is 3. The minimum absolute atomic E-state index is 0.248. The van der Waals surface area contributed by atoms with Crippen LogP contribution in [0.3, 0.4) is 0 Å². The standard InChI is InChI=1S/C19H11N3O4S2/c23-15-9-11(2-3-12(15)18(25)26)22-17(24)16(28-19(22)27)8-10-1-4-13-14(7-10)21-6-5-20-13/h1-9,23H,(H,25,26). The Kier molecular flexibility index (Phi) is 4.54. The molecule has 2 aromatic carbocycles. The molecule has 3 aromatic rings. The monoisotopic (exact) mass is 409 g/mol. The third-order valence-electron chi connectivity index (χ3n) is 4.05. The highest BCUT2D eigenvalue weighted by Crippen LogP contribution is 2.37. The second-order valence-corrected chi connectivity index (χ2v) is 7.50. The van der Waals surface area contributed by atoms with Crippen LogP contribution in [0, 0.1) is 0 Å². The van der Waals surface area contributed by atoms with Gasteiger partial charge in [-0.05, 0) is 35.9 Å². The largest absolute Gasteiger partial charge is 0.507 e. The van der Waals surface area contributed by atoms with Crippen molar-refractivity contribution >= 4 is 63.0 Å². The summed E-state index contributed by atoms with van der Waals surface area (Å²) in [5.41, 5.74) is 2.29. The van der Waals surface area contributed by atoms with E-state index in [2.05, 4.69) is 9.97 Å². The van der Waals surface area contributed by atoms with Gasteiger partial charge in [0.15, 0.2) is 4.32 Å². The first-order valence-corrected chi connectivity index (χ1v) is 9.21. The lowest BCUT2D eigenvalue weighted by atomic mass is 10.1. The highest BCUT2D eigenvalue weighted by atomic mass is 32.2. The number of phenols is 1. The number of fused-ring (bicyclic) bond motifs is 1. The van der Waals surface area contributed by atoms with Gasteiger partial charge < -0.3 is 10.2 Å². The summed E-state index contributed by atoms with van der Waals surface area (Å²) in [7, 11) is 0. The minimum atomic E-state index is -1.26. The van der Waals surface area contributed by atoms with Gasteiger partial charge in [0.25, 0.3) is 5.91 Å². The number of thioether (sulfide) groups is 1. The zero-order valence-electron chi connectivity index (χ0n) is 14.1. The third-order valence-corrected chi connectivity index (χ3v) is 5.36.